The summed E-state index contributed by atoms with van der Waals surface area (Å²) < 4.78 is 5.75. The van der Waals surface area contributed by atoms with Gasteiger partial charge in [0.2, 0.25) is 0 Å². The Balaban J connectivity index is 1.92. The third-order valence-corrected chi connectivity index (χ3v) is 4.50. The predicted molar refractivity (Wildman–Crippen MR) is 89.7 cm³/mol. The second-order valence-corrected chi connectivity index (χ2v) is 6.13. The van der Waals surface area contributed by atoms with Crippen molar-refractivity contribution in [2.75, 3.05) is 13.2 Å². The fourth-order valence-electron chi connectivity index (χ4n) is 3.30. The molecular weight excluding hydrogens is 258 g/mol. The second kappa shape index (κ2) is 9.22. The molecule has 2 rings (SSSR count). The van der Waals surface area contributed by atoms with Gasteiger partial charge in [0.25, 0.3) is 0 Å². The van der Waals surface area contributed by atoms with Gasteiger partial charge < -0.3 is 10.1 Å². The standard InChI is InChI=1S/C19H31NO/c1-3-14-20-19(13-7-10-17-11-8-15-21-17)18-12-6-5-9-16(18)4-2/h5-6,9,12,17,19-20H,3-4,7-8,10-11,13-15H2,1-2H3. The predicted octanol–water partition coefficient (Wildman–Crippen LogP) is 4.64. The monoisotopic (exact) mass is 289 g/mol. The van der Waals surface area contributed by atoms with Crippen molar-refractivity contribution in [3.8, 4) is 0 Å². The summed E-state index contributed by atoms with van der Waals surface area (Å²) in [6.07, 6.45) is 9.04. The average Bonchev–Trinajstić information content (AvgIpc) is 3.04. The summed E-state index contributed by atoms with van der Waals surface area (Å²) in [4.78, 5) is 0. The molecule has 0 bridgehead atoms. The Morgan fingerprint density at radius 1 is 1.29 bits per heavy atom. The van der Waals surface area contributed by atoms with Gasteiger partial charge in [-0.3, -0.25) is 0 Å². The van der Waals surface area contributed by atoms with E-state index in [2.05, 4.69) is 43.4 Å². The van der Waals surface area contributed by atoms with Crippen molar-refractivity contribution >= 4 is 0 Å². The van der Waals surface area contributed by atoms with Gasteiger partial charge in [-0.2, -0.15) is 0 Å². The highest BCUT2D eigenvalue weighted by atomic mass is 16.5. The molecule has 1 saturated heterocycles. The van der Waals surface area contributed by atoms with Gasteiger partial charge >= 0.3 is 0 Å². The maximum Gasteiger partial charge on any atom is 0.0576 e. The lowest BCUT2D eigenvalue weighted by molar-refractivity contribution is 0.101. The Kier molecular flexibility index (Phi) is 7.25. The Hall–Kier alpha value is -0.860. The Bertz CT molecular complexity index is 398. The van der Waals surface area contributed by atoms with E-state index < -0.39 is 0 Å². The normalized spacial score (nSPS) is 19.8. The first kappa shape index (κ1) is 16.5. The van der Waals surface area contributed by atoms with Gasteiger partial charge in [-0.25, -0.2) is 0 Å². The van der Waals surface area contributed by atoms with E-state index in [0.29, 0.717) is 12.1 Å². The van der Waals surface area contributed by atoms with Crippen LogP contribution in [0.4, 0.5) is 0 Å². The van der Waals surface area contributed by atoms with Crippen LogP contribution in [0.2, 0.25) is 0 Å². The van der Waals surface area contributed by atoms with E-state index in [0.717, 1.165) is 19.6 Å². The van der Waals surface area contributed by atoms with Crippen molar-refractivity contribution in [3.05, 3.63) is 35.4 Å². The molecule has 1 aromatic carbocycles. The molecule has 1 heterocycles. The third-order valence-electron chi connectivity index (χ3n) is 4.50. The maximum atomic E-state index is 5.75. The highest BCUT2D eigenvalue weighted by Gasteiger charge is 2.17. The first-order chi connectivity index (χ1) is 10.3. The number of hydrogen-bond acceptors (Lipinski definition) is 2. The van der Waals surface area contributed by atoms with Crippen LogP contribution in [0, 0.1) is 0 Å². The molecule has 0 amide bonds. The molecule has 0 radical (unpaired) electrons. The molecule has 0 saturated carbocycles. The largest absolute Gasteiger partial charge is 0.378 e. The fourth-order valence-corrected chi connectivity index (χ4v) is 3.30. The first-order valence-electron chi connectivity index (χ1n) is 8.78. The zero-order chi connectivity index (χ0) is 14.9. The number of nitrogens with one attached hydrogen (secondary N) is 1. The molecule has 1 fully saturated rings. The van der Waals surface area contributed by atoms with Crippen LogP contribution in [-0.2, 0) is 11.2 Å². The van der Waals surface area contributed by atoms with Gasteiger partial charge in [0.05, 0.1) is 6.10 Å². The van der Waals surface area contributed by atoms with Crippen LogP contribution in [-0.4, -0.2) is 19.3 Å². The second-order valence-electron chi connectivity index (χ2n) is 6.13. The van der Waals surface area contributed by atoms with Gasteiger partial charge in [0.1, 0.15) is 0 Å². The lowest BCUT2D eigenvalue weighted by Crippen LogP contribution is -2.23. The van der Waals surface area contributed by atoms with Crippen molar-refractivity contribution < 1.29 is 4.74 Å². The zero-order valence-electron chi connectivity index (χ0n) is 13.7. The summed E-state index contributed by atoms with van der Waals surface area (Å²) in [5, 5.41) is 3.74. The van der Waals surface area contributed by atoms with Gasteiger partial charge in [-0.05, 0) is 62.6 Å². The summed E-state index contributed by atoms with van der Waals surface area (Å²) in [5.74, 6) is 0. The molecule has 2 unspecified atom stereocenters. The van der Waals surface area contributed by atoms with Gasteiger partial charge in [0.15, 0.2) is 0 Å². The molecule has 0 spiro atoms. The number of benzene rings is 1. The molecule has 2 atom stereocenters. The van der Waals surface area contributed by atoms with E-state index in [-0.39, 0.29) is 0 Å². The van der Waals surface area contributed by atoms with Gasteiger partial charge in [0, 0.05) is 12.6 Å². The molecule has 0 aromatic heterocycles. The van der Waals surface area contributed by atoms with Crippen molar-refractivity contribution in [2.24, 2.45) is 0 Å². The Labute approximate surface area is 130 Å². The molecule has 1 aromatic rings. The molecule has 1 aliphatic heterocycles. The summed E-state index contributed by atoms with van der Waals surface area (Å²) in [7, 11) is 0. The van der Waals surface area contributed by atoms with Crippen LogP contribution >= 0.6 is 0 Å². The number of ether oxygens (including phenoxy) is 1. The SMILES string of the molecule is CCCNC(CCCC1CCCO1)c1ccccc1CC. The van der Waals surface area contributed by atoms with E-state index in [1.807, 2.05) is 0 Å². The molecule has 1 N–H and O–H groups in total. The number of hydrogen-bond donors (Lipinski definition) is 1. The summed E-state index contributed by atoms with van der Waals surface area (Å²) in [5.41, 5.74) is 2.99. The number of aryl methyl sites for hydroxylation is 1. The summed E-state index contributed by atoms with van der Waals surface area (Å²) >= 11 is 0. The smallest absolute Gasteiger partial charge is 0.0576 e. The molecule has 21 heavy (non-hydrogen) atoms. The minimum Gasteiger partial charge on any atom is -0.378 e. The Morgan fingerprint density at radius 3 is 2.86 bits per heavy atom. The van der Waals surface area contributed by atoms with Crippen LogP contribution in [0.15, 0.2) is 24.3 Å². The fraction of sp³-hybridized carbons (Fsp3) is 0.684. The maximum absolute atomic E-state index is 5.75. The molecule has 2 heteroatoms. The Morgan fingerprint density at radius 2 is 2.14 bits per heavy atom. The molecular formula is C19H31NO. The molecule has 118 valence electrons. The van der Waals surface area contributed by atoms with Crippen LogP contribution in [0.5, 0.6) is 0 Å². The number of rotatable bonds is 9. The van der Waals surface area contributed by atoms with Gasteiger partial charge in [-0.15, -0.1) is 0 Å². The van der Waals surface area contributed by atoms with Crippen LogP contribution in [0.3, 0.4) is 0 Å². The summed E-state index contributed by atoms with van der Waals surface area (Å²) in [6, 6.07) is 9.41. The van der Waals surface area contributed by atoms with Crippen LogP contribution < -0.4 is 5.32 Å². The van der Waals surface area contributed by atoms with E-state index in [1.165, 1.54) is 49.7 Å². The molecule has 2 nitrogen and oxygen atoms in total. The van der Waals surface area contributed by atoms with Gasteiger partial charge in [-0.1, -0.05) is 38.1 Å². The topological polar surface area (TPSA) is 21.3 Å². The minimum atomic E-state index is 0.502. The van der Waals surface area contributed by atoms with Crippen LogP contribution in [0.25, 0.3) is 0 Å². The summed E-state index contributed by atoms with van der Waals surface area (Å²) in [6.45, 7) is 6.56. The van der Waals surface area contributed by atoms with E-state index >= 15 is 0 Å². The lowest BCUT2D eigenvalue weighted by Gasteiger charge is -2.22. The van der Waals surface area contributed by atoms with Crippen LogP contribution in [0.1, 0.15) is 69.5 Å². The van der Waals surface area contributed by atoms with Crippen molar-refractivity contribution in [2.45, 2.75) is 70.9 Å². The first-order valence-corrected chi connectivity index (χ1v) is 8.78. The lowest BCUT2D eigenvalue weighted by atomic mass is 9.94. The van der Waals surface area contributed by atoms with E-state index in [4.69, 9.17) is 4.74 Å². The third kappa shape index (κ3) is 5.12. The van der Waals surface area contributed by atoms with E-state index in [1.54, 1.807) is 0 Å². The quantitative estimate of drug-likeness (QED) is 0.715. The molecule has 1 aliphatic rings. The van der Waals surface area contributed by atoms with Crippen molar-refractivity contribution in [1.82, 2.24) is 5.32 Å². The molecule has 0 aliphatic carbocycles. The highest BCUT2D eigenvalue weighted by Crippen LogP contribution is 2.26. The van der Waals surface area contributed by atoms with Crippen molar-refractivity contribution in [1.29, 1.82) is 0 Å². The highest BCUT2D eigenvalue weighted by molar-refractivity contribution is 5.30. The van der Waals surface area contributed by atoms with E-state index in [9.17, 15) is 0 Å². The zero-order valence-corrected chi connectivity index (χ0v) is 13.7. The minimum absolute atomic E-state index is 0.502. The average molecular weight is 289 g/mol. The van der Waals surface area contributed by atoms with Crippen molar-refractivity contribution in [3.63, 3.8) is 0 Å².